The van der Waals surface area contributed by atoms with Crippen molar-refractivity contribution in [3.63, 3.8) is 0 Å². The molecular weight excluding hydrogens is 477 g/mol. The molecule has 2 N–H and O–H groups in total. The van der Waals surface area contributed by atoms with Crippen LogP contribution >= 0.6 is 11.6 Å². The Morgan fingerprint density at radius 2 is 1.97 bits per heavy atom. The van der Waals surface area contributed by atoms with Gasteiger partial charge in [0.15, 0.2) is 5.78 Å². The first-order valence-electron chi connectivity index (χ1n) is 11.0. The largest absolute Gasteiger partial charge is 0.478 e. The number of halogens is 2. The highest BCUT2D eigenvalue weighted by molar-refractivity contribution is 6.30. The van der Waals surface area contributed by atoms with Crippen molar-refractivity contribution in [1.29, 1.82) is 0 Å². The lowest BCUT2D eigenvalue weighted by atomic mass is 10.1. The maximum Gasteiger partial charge on any atom is 0.335 e. The molecule has 2 heterocycles. The molecule has 35 heavy (non-hydrogen) atoms. The second kappa shape index (κ2) is 9.87. The molecule has 1 saturated heterocycles. The molecule has 10 heteroatoms. The first-order valence-corrected chi connectivity index (χ1v) is 11.4. The summed E-state index contributed by atoms with van der Waals surface area (Å²) in [6.45, 7) is 1.54. The quantitative estimate of drug-likeness (QED) is 0.482. The van der Waals surface area contributed by atoms with Crippen LogP contribution in [0.4, 0.5) is 4.39 Å². The summed E-state index contributed by atoms with van der Waals surface area (Å²) in [5.74, 6) is -2.68. The third-order valence-corrected chi connectivity index (χ3v) is 6.47. The molecule has 0 spiro atoms. The van der Waals surface area contributed by atoms with Gasteiger partial charge in [0.05, 0.1) is 16.1 Å². The van der Waals surface area contributed by atoms with E-state index in [0.717, 1.165) is 0 Å². The van der Waals surface area contributed by atoms with Gasteiger partial charge in [-0.15, -0.1) is 0 Å². The molecule has 0 saturated carbocycles. The number of hydrogen-bond acceptors (Lipinski definition) is 4. The predicted molar refractivity (Wildman–Crippen MR) is 127 cm³/mol. The number of nitrogens with one attached hydrogen (secondary N) is 1. The Kier molecular flexibility index (Phi) is 6.88. The number of hydrogen-bond donors (Lipinski definition) is 2. The van der Waals surface area contributed by atoms with Gasteiger partial charge in [0.1, 0.15) is 18.4 Å². The third-order valence-electron chi connectivity index (χ3n) is 6.17. The van der Waals surface area contributed by atoms with E-state index < -0.39 is 23.7 Å². The van der Waals surface area contributed by atoms with E-state index in [4.69, 9.17) is 11.6 Å². The van der Waals surface area contributed by atoms with Crippen molar-refractivity contribution in [2.24, 2.45) is 0 Å². The molecule has 1 aliphatic rings. The van der Waals surface area contributed by atoms with Gasteiger partial charge in [-0.25, -0.2) is 9.18 Å². The molecule has 1 aromatic heterocycles. The van der Waals surface area contributed by atoms with E-state index in [1.165, 1.54) is 46.9 Å². The second-order valence-corrected chi connectivity index (χ2v) is 8.85. The number of nitrogens with zero attached hydrogens (tertiary/aromatic N) is 2. The number of benzene rings is 2. The minimum atomic E-state index is -1.12. The van der Waals surface area contributed by atoms with Crippen molar-refractivity contribution in [3.05, 3.63) is 70.1 Å². The van der Waals surface area contributed by atoms with Gasteiger partial charge in [-0.1, -0.05) is 29.8 Å². The minimum absolute atomic E-state index is 0.0334. The lowest BCUT2D eigenvalue weighted by molar-refractivity contribution is -0.138. The number of ketones is 1. The smallest absolute Gasteiger partial charge is 0.335 e. The van der Waals surface area contributed by atoms with E-state index in [0.29, 0.717) is 35.9 Å². The highest BCUT2D eigenvalue weighted by Crippen LogP contribution is 2.25. The average Bonchev–Trinajstić information content (AvgIpc) is 3.45. The van der Waals surface area contributed by atoms with E-state index >= 15 is 0 Å². The van der Waals surface area contributed by atoms with Gasteiger partial charge in [-0.05, 0) is 38.0 Å². The number of carbonyl (C=O) groups is 4. The van der Waals surface area contributed by atoms with Crippen LogP contribution in [0.3, 0.4) is 0 Å². The first kappa shape index (κ1) is 24.4. The number of rotatable bonds is 7. The minimum Gasteiger partial charge on any atom is -0.478 e. The Hall–Kier alpha value is -3.72. The first-order chi connectivity index (χ1) is 16.7. The Morgan fingerprint density at radius 3 is 2.69 bits per heavy atom. The van der Waals surface area contributed by atoms with Gasteiger partial charge in [0.25, 0.3) is 0 Å². The number of aromatic nitrogens is 1. The SMILES string of the molecule is CC(=O)c1cn(CC(=O)N2CCC[C@H]2C(=O)NCc2cccc(Cl)c2F)c2cc(C(=O)O)ccc12. The molecule has 1 fully saturated rings. The highest BCUT2D eigenvalue weighted by atomic mass is 35.5. The Labute approximate surface area is 205 Å². The van der Waals surface area contributed by atoms with E-state index in [1.807, 2.05) is 0 Å². The van der Waals surface area contributed by atoms with Crippen LogP contribution in [0.1, 0.15) is 46.0 Å². The molecule has 1 atom stereocenters. The molecule has 2 aromatic carbocycles. The Bertz CT molecular complexity index is 1350. The number of carboxylic acids is 1. The van der Waals surface area contributed by atoms with Crippen molar-refractivity contribution < 1.29 is 28.7 Å². The summed E-state index contributed by atoms with van der Waals surface area (Å²) in [5.41, 5.74) is 1.10. The third kappa shape index (κ3) is 4.90. The number of aromatic carboxylic acids is 1. The monoisotopic (exact) mass is 499 g/mol. The number of carboxylic acid groups (broad SMARTS) is 1. The lowest BCUT2D eigenvalue weighted by Crippen LogP contribution is -2.46. The summed E-state index contributed by atoms with van der Waals surface area (Å²) in [6, 6.07) is 8.20. The van der Waals surface area contributed by atoms with Crippen molar-refractivity contribution in [3.8, 4) is 0 Å². The second-order valence-electron chi connectivity index (χ2n) is 8.44. The molecule has 182 valence electrons. The summed E-state index contributed by atoms with van der Waals surface area (Å²) in [4.78, 5) is 51.0. The summed E-state index contributed by atoms with van der Waals surface area (Å²) in [5, 5.41) is 12.5. The molecule has 8 nitrogen and oxygen atoms in total. The average molecular weight is 500 g/mol. The maximum atomic E-state index is 14.1. The summed E-state index contributed by atoms with van der Waals surface area (Å²) < 4.78 is 15.7. The summed E-state index contributed by atoms with van der Waals surface area (Å²) in [6.07, 6.45) is 2.62. The zero-order valence-corrected chi connectivity index (χ0v) is 19.6. The van der Waals surface area contributed by atoms with Crippen molar-refractivity contribution in [2.75, 3.05) is 6.54 Å². The number of likely N-dealkylation sites (tertiary alicyclic amines) is 1. The number of amides is 2. The van der Waals surface area contributed by atoms with Crippen molar-refractivity contribution in [2.45, 2.75) is 38.9 Å². The molecule has 0 radical (unpaired) electrons. The molecule has 0 bridgehead atoms. The molecule has 2 amide bonds. The van der Waals surface area contributed by atoms with Crippen LogP contribution in [-0.2, 0) is 22.7 Å². The van der Waals surface area contributed by atoms with E-state index in [1.54, 1.807) is 12.1 Å². The van der Waals surface area contributed by atoms with Crippen LogP contribution in [0.5, 0.6) is 0 Å². The van der Waals surface area contributed by atoms with Gasteiger partial charge in [0.2, 0.25) is 11.8 Å². The normalized spacial score (nSPS) is 15.4. The zero-order chi connectivity index (χ0) is 25.3. The molecular formula is C25H23ClFN3O5. The standard InChI is InChI=1S/C25H23ClFN3O5/c1-14(31)18-12-29(21-10-15(25(34)35)7-8-17(18)21)13-22(32)30-9-3-6-20(30)24(33)28-11-16-4-2-5-19(26)23(16)27/h2,4-5,7-8,10,12,20H,3,6,9,11,13H2,1H3,(H,28,33)(H,34,35)/t20-/m0/s1. The topological polar surface area (TPSA) is 109 Å². The zero-order valence-electron chi connectivity index (χ0n) is 18.9. The van der Waals surface area contributed by atoms with Gasteiger partial charge in [-0.2, -0.15) is 0 Å². The van der Waals surface area contributed by atoms with E-state index in [2.05, 4.69) is 5.32 Å². The van der Waals surface area contributed by atoms with Crippen molar-refractivity contribution in [1.82, 2.24) is 14.8 Å². The number of fused-ring (bicyclic) bond motifs is 1. The number of Topliss-reactive ketones (excluding diaryl/α,β-unsaturated/α-hetero) is 1. The fourth-order valence-electron chi connectivity index (χ4n) is 4.40. The molecule has 0 unspecified atom stereocenters. The number of carbonyl (C=O) groups excluding carboxylic acids is 3. The van der Waals surface area contributed by atoms with Gasteiger partial charge in [-0.3, -0.25) is 14.4 Å². The van der Waals surface area contributed by atoms with E-state index in [9.17, 15) is 28.7 Å². The van der Waals surface area contributed by atoms with Gasteiger partial charge < -0.3 is 19.9 Å². The molecule has 1 aliphatic heterocycles. The molecule has 4 rings (SSSR count). The fraction of sp³-hybridized carbons (Fsp3) is 0.280. The fourth-order valence-corrected chi connectivity index (χ4v) is 4.59. The van der Waals surface area contributed by atoms with Crippen LogP contribution in [0.15, 0.2) is 42.6 Å². The maximum absolute atomic E-state index is 14.1. The van der Waals surface area contributed by atoms with Crippen LogP contribution in [0.2, 0.25) is 5.02 Å². The summed E-state index contributed by atoms with van der Waals surface area (Å²) >= 11 is 5.79. The van der Waals surface area contributed by atoms with Crippen LogP contribution < -0.4 is 5.32 Å². The lowest BCUT2D eigenvalue weighted by Gasteiger charge is -2.24. The molecule has 3 aromatic rings. The van der Waals surface area contributed by atoms with E-state index in [-0.39, 0.29) is 40.9 Å². The van der Waals surface area contributed by atoms with Crippen molar-refractivity contribution >= 4 is 46.1 Å². The summed E-state index contributed by atoms with van der Waals surface area (Å²) in [7, 11) is 0. The van der Waals surface area contributed by atoms with Crippen LogP contribution in [0, 0.1) is 5.82 Å². The van der Waals surface area contributed by atoms with Gasteiger partial charge >= 0.3 is 5.97 Å². The predicted octanol–water partition coefficient (Wildman–Crippen LogP) is 3.64. The Morgan fingerprint density at radius 1 is 1.20 bits per heavy atom. The van der Waals surface area contributed by atoms with Crippen LogP contribution in [-0.4, -0.2) is 50.7 Å². The molecule has 0 aliphatic carbocycles. The highest BCUT2D eigenvalue weighted by Gasteiger charge is 2.34. The van der Waals surface area contributed by atoms with Gasteiger partial charge in [0, 0.05) is 35.8 Å². The Balaban J connectivity index is 1.52. The van der Waals surface area contributed by atoms with Crippen LogP contribution in [0.25, 0.3) is 10.9 Å².